The number of carboxylic acid groups (broad SMARTS) is 1. The molecule has 1 rings (SSSR count). The second-order valence-corrected chi connectivity index (χ2v) is 4.52. The summed E-state index contributed by atoms with van der Waals surface area (Å²) in [6.07, 6.45) is 2.90. The molecule has 1 heterocycles. The molecule has 0 spiro atoms. The molecule has 2 amide bonds. The van der Waals surface area contributed by atoms with Crippen LogP contribution < -0.4 is 10.6 Å². The van der Waals surface area contributed by atoms with Crippen LogP contribution in [0.25, 0.3) is 0 Å². The van der Waals surface area contributed by atoms with Crippen LogP contribution in [0.1, 0.15) is 26.2 Å². The Balaban J connectivity index is 2.58. The van der Waals surface area contributed by atoms with E-state index in [2.05, 4.69) is 17.2 Å². The fraction of sp³-hybridized carbons (Fsp3) is 0.667. The number of amides is 2. The maximum absolute atomic E-state index is 11.7. The monoisotopic (exact) mass is 256 g/mol. The van der Waals surface area contributed by atoms with Crippen molar-refractivity contribution in [3.8, 4) is 0 Å². The number of ether oxygens (including phenoxy) is 1. The van der Waals surface area contributed by atoms with Crippen molar-refractivity contribution in [3.05, 3.63) is 12.7 Å². The zero-order chi connectivity index (χ0) is 13.6. The van der Waals surface area contributed by atoms with Gasteiger partial charge in [0.15, 0.2) is 0 Å². The highest BCUT2D eigenvalue weighted by atomic mass is 16.5. The Labute approximate surface area is 106 Å². The summed E-state index contributed by atoms with van der Waals surface area (Å²) in [5.41, 5.74) is -1.21. The van der Waals surface area contributed by atoms with E-state index in [0.717, 1.165) is 0 Å². The van der Waals surface area contributed by atoms with Crippen LogP contribution in [0.3, 0.4) is 0 Å². The van der Waals surface area contributed by atoms with Gasteiger partial charge in [-0.1, -0.05) is 6.08 Å². The Bertz CT molecular complexity index is 324. The molecule has 18 heavy (non-hydrogen) atoms. The standard InChI is InChI=1S/C12H20N2O4/c1-3-4-9(2)13-11(17)14-12(10(15)16)5-7-18-8-6-12/h3,9H,1,4-8H2,2H3,(H,15,16)(H2,13,14,17). The van der Waals surface area contributed by atoms with Crippen molar-refractivity contribution < 1.29 is 19.4 Å². The van der Waals surface area contributed by atoms with Crippen LogP contribution in [0.15, 0.2) is 12.7 Å². The number of hydrogen-bond acceptors (Lipinski definition) is 3. The first-order valence-electron chi connectivity index (χ1n) is 6.01. The largest absolute Gasteiger partial charge is 0.480 e. The summed E-state index contributed by atoms with van der Waals surface area (Å²) in [7, 11) is 0. The van der Waals surface area contributed by atoms with Gasteiger partial charge in [-0.2, -0.15) is 0 Å². The molecule has 0 radical (unpaired) electrons. The van der Waals surface area contributed by atoms with Crippen molar-refractivity contribution in [1.29, 1.82) is 0 Å². The van der Waals surface area contributed by atoms with E-state index in [1.807, 2.05) is 6.92 Å². The predicted octanol–water partition coefficient (Wildman–Crippen LogP) is 0.884. The van der Waals surface area contributed by atoms with E-state index in [1.165, 1.54) is 0 Å². The molecule has 1 aliphatic heterocycles. The summed E-state index contributed by atoms with van der Waals surface area (Å²) < 4.78 is 5.13. The molecular weight excluding hydrogens is 236 g/mol. The fourth-order valence-corrected chi connectivity index (χ4v) is 1.90. The maximum atomic E-state index is 11.7. The third kappa shape index (κ3) is 3.73. The Morgan fingerprint density at radius 2 is 2.11 bits per heavy atom. The van der Waals surface area contributed by atoms with Crippen LogP contribution >= 0.6 is 0 Å². The van der Waals surface area contributed by atoms with Gasteiger partial charge in [-0.15, -0.1) is 6.58 Å². The molecule has 6 heteroatoms. The first kappa shape index (κ1) is 14.5. The lowest BCUT2D eigenvalue weighted by molar-refractivity contribution is -0.148. The number of carbonyl (C=O) groups excluding carboxylic acids is 1. The average molecular weight is 256 g/mol. The van der Waals surface area contributed by atoms with Crippen LogP contribution in [0.2, 0.25) is 0 Å². The highest BCUT2D eigenvalue weighted by Gasteiger charge is 2.41. The lowest BCUT2D eigenvalue weighted by Gasteiger charge is -2.34. The number of urea groups is 1. The van der Waals surface area contributed by atoms with Crippen molar-refractivity contribution in [3.63, 3.8) is 0 Å². The SMILES string of the molecule is C=CCC(C)NC(=O)NC1(C(=O)O)CCOCC1. The summed E-state index contributed by atoms with van der Waals surface area (Å²) in [5.74, 6) is -1.02. The summed E-state index contributed by atoms with van der Waals surface area (Å²) in [4.78, 5) is 23.1. The van der Waals surface area contributed by atoms with Crippen LogP contribution in [0, 0.1) is 0 Å². The second kappa shape index (κ2) is 6.39. The van der Waals surface area contributed by atoms with E-state index in [9.17, 15) is 14.7 Å². The minimum absolute atomic E-state index is 0.0758. The van der Waals surface area contributed by atoms with Gasteiger partial charge in [0, 0.05) is 32.1 Å². The molecule has 1 aliphatic rings. The lowest BCUT2D eigenvalue weighted by Crippen LogP contribution is -2.60. The smallest absolute Gasteiger partial charge is 0.329 e. The quantitative estimate of drug-likeness (QED) is 0.637. The molecule has 1 saturated heterocycles. The molecule has 1 fully saturated rings. The second-order valence-electron chi connectivity index (χ2n) is 4.52. The van der Waals surface area contributed by atoms with Gasteiger partial charge in [0.05, 0.1) is 0 Å². The Kier molecular flexibility index (Phi) is 5.15. The minimum atomic E-state index is -1.21. The molecule has 0 aliphatic carbocycles. The van der Waals surface area contributed by atoms with Gasteiger partial charge in [-0.05, 0) is 13.3 Å². The van der Waals surface area contributed by atoms with Gasteiger partial charge in [0.1, 0.15) is 5.54 Å². The van der Waals surface area contributed by atoms with E-state index in [0.29, 0.717) is 19.6 Å². The third-order valence-corrected chi connectivity index (χ3v) is 3.01. The van der Waals surface area contributed by atoms with Gasteiger partial charge in [-0.3, -0.25) is 0 Å². The Morgan fingerprint density at radius 1 is 1.50 bits per heavy atom. The van der Waals surface area contributed by atoms with E-state index in [1.54, 1.807) is 6.08 Å². The topological polar surface area (TPSA) is 87.7 Å². The number of carboxylic acids is 1. The maximum Gasteiger partial charge on any atom is 0.329 e. The lowest BCUT2D eigenvalue weighted by atomic mass is 9.90. The van der Waals surface area contributed by atoms with Gasteiger partial charge in [-0.25, -0.2) is 9.59 Å². The van der Waals surface area contributed by atoms with Crippen molar-refractivity contribution >= 4 is 12.0 Å². The van der Waals surface area contributed by atoms with Gasteiger partial charge in [0.2, 0.25) is 0 Å². The van der Waals surface area contributed by atoms with Crippen LogP contribution in [-0.2, 0) is 9.53 Å². The molecule has 0 aromatic heterocycles. The third-order valence-electron chi connectivity index (χ3n) is 3.01. The molecule has 0 saturated carbocycles. The number of hydrogen-bond donors (Lipinski definition) is 3. The first-order valence-corrected chi connectivity index (χ1v) is 6.01. The average Bonchev–Trinajstić information content (AvgIpc) is 2.29. The summed E-state index contributed by atoms with van der Waals surface area (Å²) in [6, 6.07) is -0.540. The van der Waals surface area contributed by atoms with Crippen LogP contribution in [0.4, 0.5) is 4.79 Å². The summed E-state index contributed by atoms with van der Waals surface area (Å²) in [6.45, 7) is 6.10. The number of nitrogens with one attached hydrogen (secondary N) is 2. The number of rotatable bonds is 5. The molecular formula is C12H20N2O4. The van der Waals surface area contributed by atoms with Crippen molar-refractivity contribution in [2.45, 2.75) is 37.8 Å². The molecule has 0 aromatic carbocycles. The van der Waals surface area contributed by atoms with Crippen molar-refractivity contribution in [2.24, 2.45) is 0 Å². The van der Waals surface area contributed by atoms with E-state index < -0.39 is 17.5 Å². The van der Waals surface area contributed by atoms with Crippen LogP contribution in [-0.4, -0.2) is 41.9 Å². The van der Waals surface area contributed by atoms with E-state index >= 15 is 0 Å². The molecule has 1 unspecified atom stereocenters. The molecule has 0 bridgehead atoms. The number of aliphatic carboxylic acids is 1. The molecule has 3 N–H and O–H groups in total. The zero-order valence-corrected chi connectivity index (χ0v) is 10.6. The molecule has 0 aromatic rings. The van der Waals surface area contributed by atoms with Gasteiger partial charge < -0.3 is 20.5 Å². The summed E-state index contributed by atoms with van der Waals surface area (Å²) in [5, 5.41) is 14.5. The van der Waals surface area contributed by atoms with Crippen LogP contribution in [0.5, 0.6) is 0 Å². The van der Waals surface area contributed by atoms with Gasteiger partial charge in [0.25, 0.3) is 0 Å². The van der Waals surface area contributed by atoms with E-state index in [-0.39, 0.29) is 18.9 Å². The molecule has 102 valence electrons. The predicted molar refractivity (Wildman–Crippen MR) is 66.4 cm³/mol. The molecule has 6 nitrogen and oxygen atoms in total. The van der Waals surface area contributed by atoms with E-state index in [4.69, 9.17) is 4.74 Å². The summed E-state index contributed by atoms with van der Waals surface area (Å²) >= 11 is 0. The zero-order valence-electron chi connectivity index (χ0n) is 10.6. The fourth-order valence-electron chi connectivity index (χ4n) is 1.90. The highest BCUT2D eigenvalue weighted by Crippen LogP contribution is 2.20. The van der Waals surface area contributed by atoms with Gasteiger partial charge >= 0.3 is 12.0 Å². The molecule has 1 atom stereocenters. The Hall–Kier alpha value is -1.56. The Morgan fingerprint density at radius 3 is 2.61 bits per heavy atom. The normalized spacial score (nSPS) is 19.6. The minimum Gasteiger partial charge on any atom is -0.480 e. The highest BCUT2D eigenvalue weighted by molar-refractivity contribution is 5.86. The number of carbonyl (C=O) groups is 2. The first-order chi connectivity index (χ1) is 8.50. The van der Waals surface area contributed by atoms with Crippen molar-refractivity contribution in [1.82, 2.24) is 10.6 Å². The van der Waals surface area contributed by atoms with Crippen molar-refractivity contribution in [2.75, 3.05) is 13.2 Å².